The van der Waals surface area contributed by atoms with Crippen molar-refractivity contribution in [2.24, 2.45) is 11.7 Å². The highest BCUT2D eigenvalue weighted by Gasteiger charge is 2.15. The van der Waals surface area contributed by atoms with E-state index in [-0.39, 0.29) is 5.91 Å². The largest absolute Gasteiger partial charge is 0.320 e. The number of nitrogens with two attached hydrogens (primary N) is 1. The summed E-state index contributed by atoms with van der Waals surface area (Å²) in [5, 5.41) is 2.71. The first-order valence-electron chi connectivity index (χ1n) is 5.48. The molecule has 1 heterocycles. The number of rotatable bonds is 4. The Balaban J connectivity index is 2.57. The third-order valence-electron chi connectivity index (χ3n) is 2.23. The number of carbonyl (C=O) groups excluding carboxylic acids is 1. The molecule has 1 aromatic heterocycles. The number of hydrogen-bond donors (Lipinski definition) is 2. The third kappa shape index (κ3) is 3.98. The number of aromatic nitrogens is 1. The van der Waals surface area contributed by atoms with E-state index in [0.717, 1.165) is 5.56 Å². The van der Waals surface area contributed by atoms with Gasteiger partial charge in [0, 0.05) is 6.20 Å². The number of pyridine rings is 1. The number of hydrogen-bond acceptors (Lipinski definition) is 3. The molecule has 3 N–H and O–H groups in total. The molecule has 1 rings (SSSR count). The summed E-state index contributed by atoms with van der Waals surface area (Å²) in [4.78, 5) is 15.7. The summed E-state index contributed by atoms with van der Waals surface area (Å²) >= 11 is 0. The topological polar surface area (TPSA) is 68.0 Å². The zero-order valence-electron chi connectivity index (χ0n) is 10.0. The zero-order chi connectivity index (χ0) is 12.1. The molecule has 0 saturated heterocycles. The van der Waals surface area contributed by atoms with E-state index in [0.29, 0.717) is 18.2 Å². The van der Waals surface area contributed by atoms with Gasteiger partial charge in [0.2, 0.25) is 5.91 Å². The maximum Gasteiger partial charge on any atom is 0.242 e. The van der Waals surface area contributed by atoms with Crippen LogP contribution in [0.25, 0.3) is 0 Å². The number of nitrogens with zero attached hydrogens (tertiary/aromatic N) is 1. The fourth-order valence-corrected chi connectivity index (χ4v) is 1.44. The zero-order valence-corrected chi connectivity index (χ0v) is 10.0. The van der Waals surface area contributed by atoms with Crippen LogP contribution in [0, 0.1) is 12.8 Å². The van der Waals surface area contributed by atoms with E-state index in [1.54, 1.807) is 6.20 Å². The SMILES string of the molecule is Cc1ccnc(NC(=O)C(N)CC(C)C)c1. The molecule has 4 heteroatoms. The quantitative estimate of drug-likeness (QED) is 0.813. The molecule has 1 amide bonds. The molecule has 16 heavy (non-hydrogen) atoms. The van der Waals surface area contributed by atoms with Gasteiger partial charge in [0.05, 0.1) is 6.04 Å². The first-order chi connectivity index (χ1) is 7.49. The van der Waals surface area contributed by atoms with Crippen LogP contribution in [0.15, 0.2) is 18.3 Å². The van der Waals surface area contributed by atoms with Crippen molar-refractivity contribution in [3.63, 3.8) is 0 Å². The van der Waals surface area contributed by atoms with Gasteiger partial charge in [-0.1, -0.05) is 13.8 Å². The number of anilines is 1. The van der Waals surface area contributed by atoms with E-state index < -0.39 is 6.04 Å². The Hall–Kier alpha value is -1.42. The van der Waals surface area contributed by atoms with Crippen LogP contribution in [0.4, 0.5) is 5.82 Å². The second-order valence-electron chi connectivity index (χ2n) is 4.44. The van der Waals surface area contributed by atoms with Crippen molar-refractivity contribution in [3.05, 3.63) is 23.9 Å². The van der Waals surface area contributed by atoms with Gasteiger partial charge in [-0.15, -0.1) is 0 Å². The summed E-state index contributed by atoms with van der Waals surface area (Å²) in [6.45, 7) is 6.03. The second kappa shape index (κ2) is 5.61. The number of aryl methyl sites for hydroxylation is 1. The highest BCUT2D eigenvalue weighted by molar-refractivity contribution is 5.93. The van der Waals surface area contributed by atoms with Crippen molar-refractivity contribution in [2.45, 2.75) is 33.2 Å². The molecule has 0 aliphatic carbocycles. The van der Waals surface area contributed by atoms with Crippen molar-refractivity contribution < 1.29 is 4.79 Å². The molecule has 4 nitrogen and oxygen atoms in total. The van der Waals surface area contributed by atoms with Gasteiger partial charge in [-0.05, 0) is 37.0 Å². The van der Waals surface area contributed by atoms with Crippen molar-refractivity contribution >= 4 is 11.7 Å². The summed E-state index contributed by atoms with van der Waals surface area (Å²) < 4.78 is 0. The molecular formula is C12H19N3O. The van der Waals surface area contributed by atoms with Crippen molar-refractivity contribution in [1.82, 2.24) is 4.98 Å². The van der Waals surface area contributed by atoms with E-state index in [2.05, 4.69) is 10.3 Å². The first-order valence-corrected chi connectivity index (χ1v) is 5.48. The van der Waals surface area contributed by atoms with E-state index in [1.165, 1.54) is 0 Å². The van der Waals surface area contributed by atoms with Gasteiger partial charge in [0.15, 0.2) is 0 Å². The minimum absolute atomic E-state index is 0.174. The van der Waals surface area contributed by atoms with Crippen molar-refractivity contribution in [3.8, 4) is 0 Å². The monoisotopic (exact) mass is 221 g/mol. The molecule has 1 aromatic rings. The first kappa shape index (κ1) is 12.6. The number of nitrogens with one attached hydrogen (secondary N) is 1. The molecule has 0 bridgehead atoms. The van der Waals surface area contributed by atoms with E-state index in [9.17, 15) is 4.79 Å². The minimum Gasteiger partial charge on any atom is -0.320 e. The van der Waals surface area contributed by atoms with Crippen LogP contribution in [0.2, 0.25) is 0 Å². The Labute approximate surface area is 96.3 Å². The summed E-state index contributed by atoms with van der Waals surface area (Å²) in [6.07, 6.45) is 2.34. The Morgan fingerprint density at radius 3 is 2.81 bits per heavy atom. The van der Waals surface area contributed by atoms with Crippen LogP contribution < -0.4 is 11.1 Å². The molecule has 1 atom stereocenters. The summed E-state index contributed by atoms with van der Waals surface area (Å²) in [6, 6.07) is 3.23. The molecule has 88 valence electrons. The molecule has 0 radical (unpaired) electrons. The summed E-state index contributed by atoms with van der Waals surface area (Å²) in [7, 11) is 0. The van der Waals surface area contributed by atoms with Gasteiger partial charge >= 0.3 is 0 Å². The molecular weight excluding hydrogens is 202 g/mol. The molecule has 0 saturated carbocycles. The lowest BCUT2D eigenvalue weighted by atomic mass is 10.0. The van der Waals surface area contributed by atoms with Crippen molar-refractivity contribution in [1.29, 1.82) is 0 Å². The molecule has 0 aliphatic heterocycles. The molecule has 0 aliphatic rings. The maximum atomic E-state index is 11.7. The Morgan fingerprint density at radius 2 is 2.25 bits per heavy atom. The van der Waals surface area contributed by atoms with Crippen LogP contribution in [-0.4, -0.2) is 16.9 Å². The van der Waals surface area contributed by atoms with Crippen LogP contribution in [0.1, 0.15) is 25.8 Å². The van der Waals surface area contributed by atoms with Crippen LogP contribution in [-0.2, 0) is 4.79 Å². The fraction of sp³-hybridized carbons (Fsp3) is 0.500. The summed E-state index contributed by atoms with van der Waals surface area (Å²) in [5.41, 5.74) is 6.82. The highest BCUT2D eigenvalue weighted by Crippen LogP contribution is 2.08. The predicted octanol–water partition coefficient (Wildman–Crippen LogP) is 1.70. The van der Waals surface area contributed by atoms with E-state index in [4.69, 9.17) is 5.73 Å². The van der Waals surface area contributed by atoms with Crippen LogP contribution >= 0.6 is 0 Å². The van der Waals surface area contributed by atoms with Gasteiger partial charge in [-0.2, -0.15) is 0 Å². The minimum atomic E-state index is -0.470. The predicted molar refractivity (Wildman–Crippen MR) is 65.0 cm³/mol. The normalized spacial score (nSPS) is 12.6. The van der Waals surface area contributed by atoms with E-state index >= 15 is 0 Å². The Bertz CT molecular complexity index is 363. The lowest BCUT2D eigenvalue weighted by molar-refractivity contribution is -0.117. The smallest absolute Gasteiger partial charge is 0.242 e. The Morgan fingerprint density at radius 1 is 1.56 bits per heavy atom. The van der Waals surface area contributed by atoms with Gasteiger partial charge < -0.3 is 11.1 Å². The summed E-state index contributed by atoms with van der Waals surface area (Å²) in [5.74, 6) is 0.794. The van der Waals surface area contributed by atoms with E-state index in [1.807, 2.05) is 32.9 Å². The van der Waals surface area contributed by atoms with Gasteiger partial charge in [0.25, 0.3) is 0 Å². The molecule has 0 aromatic carbocycles. The van der Waals surface area contributed by atoms with Gasteiger partial charge in [-0.3, -0.25) is 4.79 Å². The van der Waals surface area contributed by atoms with Crippen LogP contribution in [0.5, 0.6) is 0 Å². The second-order valence-corrected chi connectivity index (χ2v) is 4.44. The highest BCUT2D eigenvalue weighted by atomic mass is 16.2. The average molecular weight is 221 g/mol. The fourth-order valence-electron chi connectivity index (χ4n) is 1.44. The number of carbonyl (C=O) groups is 1. The Kier molecular flexibility index (Phi) is 4.43. The maximum absolute atomic E-state index is 11.7. The standard InChI is InChI=1S/C12H19N3O/c1-8(2)6-10(13)12(16)15-11-7-9(3)4-5-14-11/h4-5,7-8,10H,6,13H2,1-3H3,(H,14,15,16). The lowest BCUT2D eigenvalue weighted by Gasteiger charge is -2.13. The number of amides is 1. The lowest BCUT2D eigenvalue weighted by Crippen LogP contribution is -2.36. The van der Waals surface area contributed by atoms with Gasteiger partial charge in [-0.25, -0.2) is 4.98 Å². The molecule has 1 unspecified atom stereocenters. The molecule has 0 spiro atoms. The third-order valence-corrected chi connectivity index (χ3v) is 2.23. The van der Waals surface area contributed by atoms with Gasteiger partial charge in [0.1, 0.15) is 5.82 Å². The molecule has 0 fully saturated rings. The van der Waals surface area contributed by atoms with Crippen molar-refractivity contribution in [2.75, 3.05) is 5.32 Å². The van der Waals surface area contributed by atoms with Crippen LogP contribution in [0.3, 0.4) is 0 Å². The average Bonchev–Trinajstić information content (AvgIpc) is 2.16.